The molecule has 1 saturated heterocycles. The Bertz CT molecular complexity index is 605. The number of nitrogens with zero attached hydrogens (tertiary/aromatic N) is 2. The van der Waals surface area contributed by atoms with Crippen molar-refractivity contribution >= 4 is 5.82 Å². The third-order valence-corrected chi connectivity index (χ3v) is 3.60. The first-order valence-electron chi connectivity index (χ1n) is 6.29. The largest absolute Gasteiger partial charge is 0.394 e. The molecule has 11 heteroatoms. The Morgan fingerprint density at radius 1 is 1.32 bits per heavy atom. The summed E-state index contributed by atoms with van der Waals surface area (Å²) in [7, 11) is 0. The normalized spacial score (nSPS) is 35.5. The average Bonchev–Trinajstić information content (AvgIpc) is 2.49. The first-order chi connectivity index (χ1) is 10.3. The van der Waals surface area contributed by atoms with E-state index in [0.717, 1.165) is 6.20 Å². The van der Waals surface area contributed by atoms with Gasteiger partial charge in [-0.1, -0.05) is 0 Å². The molecular weight excluding hydrogens is 302 g/mol. The molecule has 0 spiro atoms. The second-order valence-electron chi connectivity index (χ2n) is 4.87. The maximum Gasteiger partial charge on any atom is 0.351 e. The van der Waals surface area contributed by atoms with Crippen molar-refractivity contribution in [1.29, 1.82) is 0 Å². The van der Waals surface area contributed by atoms with Crippen LogP contribution in [0.4, 0.5) is 5.82 Å². The highest BCUT2D eigenvalue weighted by atomic mass is 16.7. The summed E-state index contributed by atoms with van der Waals surface area (Å²) in [6.07, 6.45) is -6.16. The van der Waals surface area contributed by atoms with Gasteiger partial charge in [-0.25, -0.2) is 9.78 Å². The average molecular weight is 319 g/mol. The number of hydrogen-bond donors (Lipinski definition) is 7. The molecule has 2 heterocycles. The summed E-state index contributed by atoms with van der Waals surface area (Å²) in [6.45, 7) is -1.60. The third kappa shape index (κ3) is 2.38. The van der Waals surface area contributed by atoms with Crippen LogP contribution in [-0.4, -0.2) is 71.2 Å². The number of ether oxygens (including phenoxy) is 1. The van der Waals surface area contributed by atoms with Gasteiger partial charge in [0.25, 0.3) is 0 Å². The zero-order chi connectivity index (χ0) is 16.7. The lowest BCUT2D eigenvalue weighted by atomic mass is 9.89. The molecule has 1 unspecified atom stereocenters. The number of aliphatic hydroxyl groups excluding tert-OH is 5. The summed E-state index contributed by atoms with van der Waals surface area (Å²) < 4.78 is 5.64. The van der Waals surface area contributed by atoms with Gasteiger partial charge in [-0.2, -0.15) is 0 Å². The van der Waals surface area contributed by atoms with Gasteiger partial charge in [0.1, 0.15) is 37.0 Å². The second kappa shape index (κ2) is 5.89. The van der Waals surface area contributed by atoms with Gasteiger partial charge in [0.05, 0.1) is 12.2 Å². The topological polar surface area (TPSA) is 192 Å². The Morgan fingerprint density at radius 3 is 2.50 bits per heavy atom. The molecule has 8 N–H and O–H groups in total. The predicted octanol–water partition coefficient (Wildman–Crippen LogP) is -4.61. The summed E-state index contributed by atoms with van der Waals surface area (Å²) in [6, 6.07) is 0. The van der Waals surface area contributed by atoms with E-state index >= 15 is 0 Å². The SMILES string of the molecule is Nc1c(C2(O)O[C@H](CO)[C@@H](O)[C@H](O)[C@H]2O)cnc(=O)n1CO. The summed E-state index contributed by atoms with van der Waals surface area (Å²) >= 11 is 0. The number of nitrogen functional groups attached to an aromatic ring is 1. The molecule has 0 saturated carbocycles. The Balaban J connectivity index is 2.56. The fraction of sp³-hybridized carbons (Fsp3) is 0.636. The van der Waals surface area contributed by atoms with Gasteiger partial charge in [0, 0.05) is 6.20 Å². The molecule has 1 fully saturated rings. The van der Waals surface area contributed by atoms with Gasteiger partial charge in [-0.3, -0.25) is 4.57 Å². The lowest BCUT2D eigenvalue weighted by molar-refractivity contribution is -0.357. The number of anilines is 1. The van der Waals surface area contributed by atoms with Gasteiger partial charge in [0.15, 0.2) is 0 Å². The molecule has 1 aliphatic rings. The summed E-state index contributed by atoms with van der Waals surface area (Å²) in [5.41, 5.74) is 4.33. The van der Waals surface area contributed by atoms with Crippen LogP contribution in [-0.2, 0) is 17.3 Å². The van der Waals surface area contributed by atoms with Crippen molar-refractivity contribution in [3.8, 4) is 0 Å². The van der Waals surface area contributed by atoms with Crippen LogP contribution in [0.25, 0.3) is 0 Å². The number of rotatable bonds is 3. The van der Waals surface area contributed by atoms with Gasteiger partial charge in [0.2, 0.25) is 5.79 Å². The quantitative estimate of drug-likeness (QED) is 0.285. The van der Waals surface area contributed by atoms with E-state index in [0.29, 0.717) is 4.57 Å². The van der Waals surface area contributed by atoms with Crippen LogP contribution in [0.15, 0.2) is 11.0 Å². The molecule has 2 rings (SSSR count). The molecule has 0 aromatic carbocycles. The van der Waals surface area contributed by atoms with Crippen molar-refractivity contribution in [3.63, 3.8) is 0 Å². The van der Waals surface area contributed by atoms with Gasteiger partial charge < -0.3 is 41.1 Å². The summed E-state index contributed by atoms with van der Waals surface area (Å²) in [5, 5.41) is 58.2. The maximum absolute atomic E-state index is 11.4. The Morgan fingerprint density at radius 2 is 1.95 bits per heavy atom. The molecule has 0 amide bonds. The van der Waals surface area contributed by atoms with Crippen LogP contribution in [0.1, 0.15) is 5.56 Å². The molecule has 22 heavy (non-hydrogen) atoms. The van der Waals surface area contributed by atoms with Crippen molar-refractivity contribution in [3.05, 3.63) is 22.2 Å². The molecule has 0 bridgehead atoms. The fourth-order valence-electron chi connectivity index (χ4n) is 2.29. The zero-order valence-corrected chi connectivity index (χ0v) is 11.3. The smallest absolute Gasteiger partial charge is 0.351 e. The number of aromatic nitrogens is 2. The van der Waals surface area contributed by atoms with Crippen LogP contribution in [0, 0.1) is 0 Å². The standard InChI is InChI=1S/C11H17N3O8/c12-9-4(1-13-10(20)14(9)3-16)11(21)8(19)7(18)6(17)5(2-15)22-11/h1,5-8,15-19,21H,2-3,12H2/t5-,6-,7+,8-,11?/m1/s1. The van der Waals surface area contributed by atoms with Crippen molar-refractivity contribution in [2.45, 2.75) is 36.9 Å². The number of hydrogen-bond acceptors (Lipinski definition) is 10. The maximum atomic E-state index is 11.4. The van der Waals surface area contributed by atoms with Crippen molar-refractivity contribution in [2.24, 2.45) is 0 Å². The van der Waals surface area contributed by atoms with Gasteiger partial charge in [-0.05, 0) is 0 Å². The van der Waals surface area contributed by atoms with Crippen LogP contribution in [0.2, 0.25) is 0 Å². The Kier molecular flexibility index (Phi) is 4.49. The number of nitrogens with two attached hydrogens (primary N) is 1. The third-order valence-electron chi connectivity index (χ3n) is 3.60. The van der Waals surface area contributed by atoms with Gasteiger partial charge in [-0.15, -0.1) is 0 Å². The molecule has 11 nitrogen and oxygen atoms in total. The molecule has 1 aliphatic heterocycles. The minimum atomic E-state index is -2.65. The minimum absolute atomic E-state index is 0.405. The zero-order valence-electron chi connectivity index (χ0n) is 11.3. The molecule has 1 aromatic rings. The first kappa shape index (κ1) is 16.8. The Labute approximate surface area is 123 Å². The summed E-state index contributed by atoms with van der Waals surface area (Å²) in [5.74, 6) is -3.10. The van der Waals surface area contributed by atoms with Crippen LogP contribution >= 0.6 is 0 Å². The van der Waals surface area contributed by atoms with E-state index in [9.17, 15) is 25.2 Å². The minimum Gasteiger partial charge on any atom is -0.394 e. The van der Waals surface area contributed by atoms with E-state index in [1.54, 1.807) is 0 Å². The molecule has 5 atom stereocenters. The van der Waals surface area contributed by atoms with E-state index < -0.39 is 60.6 Å². The monoisotopic (exact) mass is 319 g/mol. The van der Waals surface area contributed by atoms with E-state index in [4.69, 9.17) is 20.7 Å². The molecule has 0 aliphatic carbocycles. The van der Waals surface area contributed by atoms with Crippen LogP contribution in [0.5, 0.6) is 0 Å². The Hall–Kier alpha value is -1.60. The van der Waals surface area contributed by atoms with E-state index in [1.165, 1.54) is 0 Å². The highest BCUT2D eigenvalue weighted by molar-refractivity contribution is 5.42. The molecular formula is C11H17N3O8. The molecule has 0 radical (unpaired) electrons. The second-order valence-corrected chi connectivity index (χ2v) is 4.87. The highest BCUT2D eigenvalue weighted by Crippen LogP contribution is 2.37. The summed E-state index contributed by atoms with van der Waals surface area (Å²) in [4.78, 5) is 14.8. The first-order valence-corrected chi connectivity index (χ1v) is 6.29. The van der Waals surface area contributed by atoms with Crippen LogP contribution < -0.4 is 11.4 Å². The van der Waals surface area contributed by atoms with E-state index in [2.05, 4.69) is 4.98 Å². The van der Waals surface area contributed by atoms with Crippen molar-refractivity contribution < 1.29 is 35.4 Å². The number of aliphatic hydroxyl groups is 6. The van der Waals surface area contributed by atoms with E-state index in [-0.39, 0.29) is 0 Å². The van der Waals surface area contributed by atoms with Gasteiger partial charge >= 0.3 is 5.69 Å². The lowest BCUT2D eigenvalue weighted by Gasteiger charge is -2.45. The fourth-order valence-corrected chi connectivity index (χ4v) is 2.29. The van der Waals surface area contributed by atoms with Crippen molar-refractivity contribution in [1.82, 2.24) is 9.55 Å². The highest BCUT2D eigenvalue weighted by Gasteiger charge is 2.54. The van der Waals surface area contributed by atoms with Crippen molar-refractivity contribution in [2.75, 3.05) is 12.3 Å². The predicted molar refractivity (Wildman–Crippen MR) is 69.0 cm³/mol. The van der Waals surface area contributed by atoms with Crippen LogP contribution in [0.3, 0.4) is 0 Å². The molecule has 1 aromatic heterocycles. The lowest BCUT2D eigenvalue weighted by Crippen LogP contribution is -2.63. The van der Waals surface area contributed by atoms with E-state index in [1.807, 2.05) is 0 Å². The molecule has 124 valence electrons.